The van der Waals surface area contributed by atoms with Crippen LogP contribution in [0.4, 0.5) is 17.5 Å². The summed E-state index contributed by atoms with van der Waals surface area (Å²) in [6.07, 6.45) is 1.42. The number of rotatable bonds is 5. The molecule has 1 N–H and O–H groups in total. The van der Waals surface area contributed by atoms with Gasteiger partial charge >= 0.3 is 0 Å². The zero-order chi connectivity index (χ0) is 22.0. The fourth-order valence-electron chi connectivity index (χ4n) is 3.43. The number of hydrogen-bond donors (Lipinski definition) is 1. The lowest BCUT2D eigenvalue weighted by Gasteiger charge is -2.34. The molecule has 0 aliphatic carbocycles. The Labute approximate surface area is 183 Å². The lowest BCUT2D eigenvalue weighted by molar-refractivity contribution is 0.382. The summed E-state index contributed by atoms with van der Waals surface area (Å²) in [5.74, 6) is 1.32. The number of nitrogens with one attached hydrogen (secondary N) is 1. The molecule has 0 amide bonds. The van der Waals surface area contributed by atoms with E-state index in [2.05, 4.69) is 20.3 Å². The number of benzene rings is 1. The molecule has 0 radical (unpaired) electrons. The fraction of sp³-hybridized carbons (Fsp3) is 0.318. The smallest absolute Gasteiger partial charge is 0.244 e. The third kappa shape index (κ3) is 4.83. The summed E-state index contributed by atoms with van der Waals surface area (Å²) >= 11 is 0. The van der Waals surface area contributed by atoms with Crippen LogP contribution in [0.2, 0.25) is 0 Å². The van der Waals surface area contributed by atoms with Crippen molar-refractivity contribution in [3.63, 3.8) is 0 Å². The summed E-state index contributed by atoms with van der Waals surface area (Å²) in [7, 11) is -3.55. The van der Waals surface area contributed by atoms with Crippen LogP contribution in [-0.4, -0.2) is 53.9 Å². The molecule has 4 rings (SSSR count). The molecular weight excluding hydrogens is 412 g/mol. The first-order valence-corrected chi connectivity index (χ1v) is 11.6. The zero-order valence-electron chi connectivity index (χ0n) is 17.9. The Morgan fingerprint density at radius 3 is 2.23 bits per heavy atom. The topological polar surface area (TPSA) is 91.3 Å². The summed E-state index contributed by atoms with van der Waals surface area (Å²) in [4.78, 5) is 15.6. The van der Waals surface area contributed by atoms with E-state index in [1.54, 1.807) is 12.1 Å². The van der Waals surface area contributed by atoms with Crippen LogP contribution in [0.15, 0.2) is 53.6 Å². The molecule has 1 saturated heterocycles. The molecule has 1 aromatic carbocycles. The lowest BCUT2D eigenvalue weighted by Crippen LogP contribution is -2.49. The van der Waals surface area contributed by atoms with Gasteiger partial charge in [-0.05, 0) is 45.0 Å². The predicted octanol–water partition coefficient (Wildman–Crippen LogP) is 3.05. The van der Waals surface area contributed by atoms with Crippen molar-refractivity contribution in [1.82, 2.24) is 19.3 Å². The maximum atomic E-state index is 12.9. The number of anilines is 3. The SMILES string of the molecule is Cc1ccc(Nc2cc(C)nc(N3CCN(S(=O)(=O)c4ccc(C)nc4)CC3)n2)cc1. The van der Waals surface area contributed by atoms with E-state index in [9.17, 15) is 8.42 Å². The van der Waals surface area contributed by atoms with Crippen molar-refractivity contribution in [2.45, 2.75) is 25.7 Å². The van der Waals surface area contributed by atoms with E-state index in [1.165, 1.54) is 16.1 Å². The number of hydrogen-bond acceptors (Lipinski definition) is 7. The molecule has 2 aromatic heterocycles. The van der Waals surface area contributed by atoms with Crippen molar-refractivity contribution in [3.8, 4) is 0 Å². The second-order valence-corrected chi connectivity index (χ2v) is 9.65. The summed E-state index contributed by atoms with van der Waals surface area (Å²) < 4.78 is 27.3. The van der Waals surface area contributed by atoms with E-state index in [0.717, 1.165) is 17.1 Å². The molecule has 9 heteroatoms. The number of pyridine rings is 1. The predicted molar refractivity (Wildman–Crippen MR) is 121 cm³/mol. The van der Waals surface area contributed by atoms with Gasteiger partial charge in [0.1, 0.15) is 10.7 Å². The molecule has 0 unspecified atom stereocenters. The number of aryl methyl sites for hydroxylation is 3. The van der Waals surface area contributed by atoms with Gasteiger partial charge in [-0.1, -0.05) is 17.7 Å². The highest BCUT2D eigenvalue weighted by atomic mass is 32.2. The molecule has 3 aromatic rings. The van der Waals surface area contributed by atoms with Crippen molar-refractivity contribution in [2.75, 3.05) is 36.4 Å². The largest absolute Gasteiger partial charge is 0.340 e. The number of piperazine rings is 1. The standard InChI is InChI=1S/C22H26N6O2S/c1-16-4-7-19(8-5-16)25-21-14-18(3)24-22(26-21)27-10-12-28(13-11-27)31(29,30)20-9-6-17(2)23-15-20/h4-9,14-15H,10-13H2,1-3H3,(H,24,25,26). The van der Waals surface area contributed by atoms with E-state index in [1.807, 2.05) is 56.0 Å². The van der Waals surface area contributed by atoms with Gasteiger partial charge < -0.3 is 10.2 Å². The van der Waals surface area contributed by atoms with Gasteiger partial charge in [-0.25, -0.2) is 13.4 Å². The Balaban J connectivity index is 1.46. The first-order valence-electron chi connectivity index (χ1n) is 10.2. The van der Waals surface area contributed by atoms with Crippen molar-refractivity contribution < 1.29 is 8.42 Å². The molecule has 3 heterocycles. The minimum atomic E-state index is -3.55. The first-order chi connectivity index (χ1) is 14.8. The van der Waals surface area contributed by atoms with E-state index >= 15 is 0 Å². The van der Waals surface area contributed by atoms with E-state index in [0.29, 0.717) is 37.9 Å². The lowest BCUT2D eigenvalue weighted by atomic mass is 10.2. The van der Waals surface area contributed by atoms with Crippen LogP contribution in [0.1, 0.15) is 17.0 Å². The molecule has 0 spiro atoms. The monoisotopic (exact) mass is 438 g/mol. The quantitative estimate of drug-likeness (QED) is 0.655. The second kappa shape index (κ2) is 8.60. The van der Waals surface area contributed by atoms with Crippen LogP contribution in [0, 0.1) is 20.8 Å². The molecule has 31 heavy (non-hydrogen) atoms. The maximum Gasteiger partial charge on any atom is 0.244 e. The highest BCUT2D eigenvalue weighted by Crippen LogP contribution is 2.22. The van der Waals surface area contributed by atoms with Gasteiger partial charge in [-0.15, -0.1) is 0 Å². The molecule has 0 bridgehead atoms. The summed E-state index contributed by atoms with van der Waals surface area (Å²) in [6.45, 7) is 7.59. The maximum absolute atomic E-state index is 12.9. The average molecular weight is 439 g/mol. The Hall–Kier alpha value is -3.04. The van der Waals surface area contributed by atoms with E-state index in [4.69, 9.17) is 0 Å². The molecule has 0 atom stereocenters. The van der Waals surface area contributed by atoms with Crippen LogP contribution in [0.3, 0.4) is 0 Å². The Morgan fingerprint density at radius 2 is 1.58 bits per heavy atom. The summed E-state index contributed by atoms with van der Waals surface area (Å²) in [5, 5.41) is 3.32. The Kier molecular flexibility index (Phi) is 5.88. The summed E-state index contributed by atoms with van der Waals surface area (Å²) in [6, 6.07) is 13.3. The van der Waals surface area contributed by atoms with E-state index in [-0.39, 0.29) is 4.90 Å². The van der Waals surface area contributed by atoms with Crippen LogP contribution < -0.4 is 10.2 Å². The highest BCUT2D eigenvalue weighted by Gasteiger charge is 2.29. The van der Waals surface area contributed by atoms with Crippen LogP contribution >= 0.6 is 0 Å². The van der Waals surface area contributed by atoms with Gasteiger partial charge in [-0.3, -0.25) is 4.98 Å². The van der Waals surface area contributed by atoms with Gasteiger partial charge in [0.05, 0.1) is 0 Å². The van der Waals surface area contributed by atoms with Gasteiger partial charge in [0.25, 0.3) is 0 Å². The third-order valence-electron chi connectivity index (χ3n) is 5.21. The normalized spacial score (nSPS) is 15.1. The molecule has 1 aliphatic heterocycles. The molecular formula is C22H26N6O2S. The van der Waals surface area contributed by atoms with Gasteiger partial charge in [0.15, 0.2) is 0 Å². The highest BCUT2D eigenvalue weighted by molar-refractivity contribution is 7.89. The van der Waals surface area contributed by atoms with Crippen molar-refractivity contribution in [3.05, 3.63) is 65.6 Å². The Morgan fingerprint density at radius 1 is 0.871 bits per heavy atom. The average Bonchev–Trinajstić information content (AvgIpc) is 2.75. The van der Waals surface area contributed by atoms with Crippen molar-refractivity contribution in [1.29, 1.82) is 0 Å². The molecule has 1 fully saturated rings. The van der Waals surface area contributed by atoms with Crippen LogP contribution in [-0.2, 0) is 10.0 Å². The Bertz CT molecular complexity index is 1160. The van der Waals surface area contributed by atoms with Gasteiger partial charge in [0.2, 0.25) is 16.0 Å². The number of sulfonamides is 1. The molecule has 8 nitrogen and oxygen atoms in total. The molecule has 0 saturated carbocycles. The van der Waals surface area contributed by atoms with Gasteiger partial charge in [0, 0.05) is 55.5 Å². The summed E-state index contributed by atoms with van der Waals surface area (Å²) in [5.41, 5.74) is 3.78. The van der Waals surface area contributed by atoms with E-state index < -0.39 is 10.0 Å². The van der Waals surface area contributed by atoms with Crippen LogP contribution in [0.5, 0.6) is 0 Å². The first kappa shape index (κ1) is 21.2. The second-order valence-electron chi connectivity index (χ2n) is 7.71. The van der Waals surface area contributed by atoms with Gasteiger partial charge in [-0.2, -0.15) is 9.29 Å². The zero-order valence-corrected chi connectivity index (χ0v) is 18.7. The number of aromatic nitrogens is 3. The van der Waals surface area contributed by atoms with Crippen LogP contribution in [0.25, 0.3) is 0 Å². The molecule has 1 aliphatic rings. The minimum Gasteiger partial charge on any atom is -0.340 e. The van der Waals surface area contributed by atoms with Crippen molar-refractivity contribution in [2.24, 2.45) is 0 Å². The minimum absolute atomic E-state index is 0.225. The molecule has 162 valence electrons. The fourth-order valence-corrected chi connectivity index (χ4v) is 4.80. The third-order valence-corrected chi connectivity index (χ3v) is 7.09. The number of nitrogens with zero attached hydrogens (tertiary/aromatic N) is 5. The van der Waals surface area contributed by atoms with Crippen molar-refractivity contribution >= 4 is 27.5 Å².